The average Bonchev–Trinajstić information content (AvgIpc) is 3.36. The molecule has 3 N–H and O–H groups in total. The highest BCUT2D eigenvalue weighted by Crippen LogP contribution is 2.43. The molecule has 0 rings (SSSR count). The summed E-state index contributed by atoms with van der Waals surface area (Å²) in [7, 11) is 1.55. The van der Waals surface area contributed by atoms with Crippen LogP contribution in [-0.2, 0) is 18.4 Å². The first-order chi connectivity index (χ1) is 36.0. The highest BCUT2D eigenvalue weighted by molar-refractivity contribution is 7.47. The Balaban J connectivity index is 3.99. The maximum absolute atomic E-state index is 13.0. The minimum Gasteiger partial charge on any atom is -0.387 e. The highest BCUT2D eigenvalue weighted by atomic mass is 31.2. The second kappa shape index (κ2) is 55.7. The molecule has 0 aliphatic rings. The predicted molar refractivity (Wildman–Crippen MR) is 323 cm³/mol. The van der Waals surface area contributed by atoms with Crippen LogP contribution in [0.2, 0.25) is 0 Å². The second-order valence-corrected chi connectivity index (χ2v) is 23.9. The van der Waals surface area contributed by atoms with Crippen LogP contribution in [0.4, 0.5) is 0 Å². The molecule has 0 fully saturated rings. The molecular weight excluding hydrogens is 936 g/mol. The SMILES string of the molecule is CCCCCCC/C=C\C/C=C\C/C=C\CCCCCCCCCCCCCCCCCCCCCCCCC(=O)NC(COP(=O)(O)OCC[N+](C)(C)C)C(O)/C=C/CC/C=C/CC/C=C/CCCCCCC. The van der Waals surface area contributed by atoms with Gasteiger partial charge in [0.2, 0.25) is 5.91 Å². The molecule has 0 heterocycles. The Morgan fingerprint density at radius 3 is 1.18 bits per heavy atom. The fourth-order valence-electron chi connectivity index (χ4n) is 8.96. The van der Waals surface area contributed by atoms with Crippen LogP contribution in [0.15, 0.2) is 72.9 Å². The minimum absolute atomic E-state index is 0.0527. The number of hydrogen-bond acceptors (Lipinski definition) is 5. The number of rotatable bonds is 57. The van der Waals surface area contributed by atoms with E-state index >= 15 is 0 Å². The van der Waals surface area contributed by atoms with E-state index in [4.69, 9.17) is 9.05 Å². The van der Waals surface area contributed by atoms with E-state index in [2.05, 4.69) is 79.9 Å². The lowest BCUT2D eigenvalue weighted by atomic mass is 10.0. The number of aliphatic hydroxyl groups is 1. The molecule has 0 radical (unpaired) electrons. The maximum Gasteiger partial charge on any atom is 0.472 e. The van der Waals surface area contributed by atoms with Gasteiger partial charge in [-0.2, -0.15) is 0 Å². The number of phosphoric ester groups is 1. The number of phosphoric acid groups is 1. The van der Waals surface area contributed by atoms with E-state index in [1.165, 1.54) is 205 Å². The number of allylic oxidation sites excluding steroid dienone is 11. The van der Waals surface area contributed by atoms with Gasteiger partial charge in [0.25, 0.3) is 0 Å². The number of amides is 1. The molecule has 8 nitrogen and oxygen atoms in total. The lowest BCUT2D eigenvalue weighted by Crippen LogP contribution is -2.45. The van der Waals surface area contributed by atoms with Crippen molar-refractivity contribution in [2.45, 2.75) is 296 Å². The summed E-state index contributed by atoms with van der Waals surface area (Å²) in [6, 6.07) is -0.871. The molecule has 0 bridgehead atoms. The molecule has 432 valence electrons. The summed E-state index contributed by atoms with van der Waals surface area (Å²) < 4.78 is 23.7. The van der Waals surface area contributed by atoms with Gasteiger partial charge in [-0.25, -0.2) is 4.57 Å². The summed E-state index contributed by atoms with van der Waals surface area (Å²) in [5.41, 5.74) is 0. The molecule has 9 heteroatoms. The third kappa shape index (κ3) is 57.6. The first kappa shape index (κ1) is 71.9. The zero-order valence-electron chi connectivity index (χ0n) is 49.3. The molecular formula is C65H122N2O6P+. The van der Waals surface area contributed by atoms with Crippen molar-refractivity contribution in [2.24, 2.45) is 0 Å². The number of quaternary nitrogens is 1. The highest BCUT2D eigenvalue weighted by Gasteiger charge is 2.27. The van der Waals surface area contributed by atoms with Crippen LogP contribution >= 0.6 is 7.82 Å². The summed E-state index contributed by atoms with van der Waals surface area (Å²) in [5.74, 6) is -0.189. The quantitative estimate of drug-likeness (QED) is 0.0243. The zero-order valence-corrected chi connectivity index (χ0v) is 50.2. The first-order valence-corrected chi connectivity index (χ1v) is 32.8. The van der Waals surface area contributed by atoms with Crippen molar-refractivity contribution in [1.82, 2.24) is 5.32 Å². The van der Waals surface area contributed by atoms with Gasteiger partial charge in [-0.1, -0.05) is 267 Å². The van der Waals surface area contributed by atoms with Gasteiger partial charge in [-0.15, -0.1) is 0 Å². The van der Waals surface area contributed by atoms with E-state index < -0.39 is 20.0 Å². The van der Waals surface area contributed by atoms with Crippen molar-refractivity contribution >= 4 is 13.7 Å². The molecule has 0 aromatic rings. The Morgan fingerprint density at radius 2 is 0.784 bits per heavy atom. The van der Waals surface area contributed by atoms with Crippen molar-refractivity contribution in [1.29, 1.82) is 0 Å². The molecule has 0 aromatic carbocycles. The van der Waals surface area contributed by atoms with Gasteiger partial charge in [0.05, 0.1) is 39.9 Å². The van der Waals surface area contributed by atoms with E-state index in [-0.39, 0.29) is 19.1 Å². The monoisotopic (exact) mass is 1060 g/mol. The summed E-state index contributed by atoms with van der Waals surface area (Å²) in [5, 5.41) is 13.9. The Bertz CT molecular complexity index is 1430. The van der Waals surface area contributed by atoms with Crippen LogP contribution in [0.1, 0.15) is 284 Å². The van der Waals surface area contributed by atoms with Gasteiger partial charge < -0.3 is 19.8 Å². The molecule has 3 unspecified atom stereocenters. The van der Waals surface area contributed by atoms with Crippen molar-refractivity contribution in [3.63, 3.8) is 0 Å². The number of carbonyl (C=O) groups is 1. The number of unbranched alkanes of at least 4 members (excludes halogenated alkanes) is 34. The summed E-state index contributed by atoms with van der Waals surface area (Å²) in [4.78, 5) is 23.3. The first-order valence-electron chi connectivity index (χ1n) is 31.3. The van der Waals surface area contributed by atoms with Crippen LogP contribution in [0, 0.1) is 0 Å². The molecule has 0 saturated carbocycles. The van der Waals surface area contributed by atoms with Crippen LogP contribution in [0.5, 0.6) is 0 Å². The van der Waals surface area contributed by atoms with Gasteiger partial charge in [-0.05, 0) is 83.5 Å². The average molecular weight is 1060 g/mol. The smallest absolute Gasteiger partial charge is 0.387 e. The molecule has 74 heavy (non-hydrogen) atoms. The van der Waals surface area contributed by atoms with Crippen LogP contribution in [-0.4, -0.2) is 73.4 Å². The molecule has 0 aliphatic carbocycles. The largest absolute Gasteiger partial charge is 0.472 e. The molecule has 0 saturated heterocycles. The van der Waals surface area contributed by atoms with Gasteiger partial charge in [-0.3, -0.25) is 13.8 Å². The van der Waals surface area contributed by atoms with E-state index in [9.17, 15) is 19.4 Å². The van der Waals surface area contributed by atoms with E-state index in [0.29, 0.717) is 17.4 Å². The summed E-state index contributed by atoms with van der Waals surface area (Å²) in [6.07, 6.45) is 77.5. The summed E-state index contributed by atoms with van der Waals surface area (Å²) in [6.45, 7) is 4.77. The summed E-state index contributed by atoms with van der Waals surface area (Å²) >= 11 is 0. The van der Waals surface area contributed by atoms with Gasteiger partial charge in [0, 0.05) is 6.42 Å². The predicted octanol–water partition coefficient (Wildman–Crippen LogP) is 19.4. The van der Waals surface area contributed by atoms with E-state index in [1.54, 1.807) is 6.08 Å². The van der Waals surface area contributed by atoms with Crippen molar-refractivity contribution < 1.29 is 32.9 Å². The Labute approximate surface area is 459 Å². The number of likely N-dealkylation sites (N-methyl/N-ethyl adjacent to an activating group) is 1. The van der Waals surface area contributed by atoms with Gasteiger partial charge in [0.15, 0.2) is 0 Å². The molecule has 0 aromatic heterocycles. The number of nitrogens with zero attached hydrogens (tertiary/aromatic N) is 1. The Kier molecular flexibility index (Phi) is 54.1. The van der Waals surface area contributed by atoms with Gasteiger partial charge >= 0.3 is 7.82 Å². The topological polar surface area (TPSA) is 105 Å². The fourth-order valence-corrected chi connectivity index (χ4v) is 9.70. The number of aliphatic hydroxyl groups excluding tert-OH is 1. The second-order valence-electron chi connectivity index (χ2n) is 22.4. The zero-order chi connectivity index (χ0) is 54.2. The van der Waals surface area contributed by atoms with Crippen LogP contribution < -0.4 is 5.32 Å². The maximum atomic E-state index is 13.0. The minimum atomic E-state index is -4.36. The van der Waals surface area contributed by atoms with Crippen molar-refractivity contribution in [2.75, 3.05) is 40.9 Å². The molecule has 0 spiro atoms. The van der Waals surface area contributed by atoms with Gasteiger partial charge in [0.1, 0.15) is 13.2 Å². The van der Waals surface area contributed by atoms with Crippen molar-refractivity contribution in [3.8, 4) is 0 Å². The number of hydrogen-bond donors (Lipinski definition) is 3. The van der Waals surface area contributed by atoms with Crippen molar-refractivity contribution in [3.05, 3.63) is 72.9 Å². The Morgan fingerprint density at radius 1 is 0.459 bits per heavy atom. The molecule has 1 amide bonds. The van der Waals surface area contributed by atoms with Crippen LogP contribution in [0.25, 0.3) is 0 Å². The third-order valence-corrected chi connectivity index (χ3v) is 14.9. The number of carbonyl (C=O) groups excluding carboxylic acids is 1. The normalized spacial score (nSPS) is 14.3. The lowest BCUT2D eigenvalue weighted by molar-refractivity contribution is -0.870. The number of nitrogens with one attached hydrogen (secondary N) is 1. The molecule has 0 aliphatic heterocycles. The van der Waals surface area contributed by atoms with E-state index in [1.807, 2.05) is 27.2 Å². The van der Waals surface area contributed by atoms with E-state index in [0.717, 1.165) is 57.8 Å². The fraction of sp³-hybridized carbons (Fsp3) is 0.800. The standard InChI is InChI=1S/C65H121N2O6P/c1-6-8-10-12-14-16-18-20-22-23-24-25-26-27-28-29-30-31-32-33-34-35-36-37-38-39-40-41-42-43-45-47-49-51-53-55-57-59-65(69)66-63(62-73-74(70,71)72-61-60-67(3,4)5)64(68)58-56-54-52-50-48-46-44-21-19-17-15-13-11-9-7-2/h18-21,23-24,26-27,48,50,56,58,63-64,68H,6-17,22,25,28-47,49,51-55,57,59-62H2,1-5H3,(H-,66,69,70,71)/p+1/b20-18-,21-19+,24-23-,27-26-,50-48+,58-56+. The third-order valence-electron chi connectivity index (χ3n) is 13.9. The Hall–Kier alpha value is -2.06. The molecule has 3 atom stereocenters. The lowest BCUT2D eigenvalue weighted by Gasteiger charge is -2.25. The van der Waals surface area contributed by atoms with Crippen LogP contribution in [0.3, 0.4) is 0 Å².